The highest BCUT2D eigenvalue weighted by atomic mass is 16.2. The first-order valence-electron chi connectivity index (χ1n) is 8.48. The van der Waals surface area contributed by atoms with Crippen molar-refractivity contribution in [2.45, 2.75) is 37.1 Å². The van der Waals surface area contributed by atoms with Crippen LogP contribution in [0, 0.1) is 5.92 Å². The first-order valence-corrected chi connectivity index (χ1v) is 8.48. The fourth-order valence-electron chi connectivity index (χ4n) is 4.38. The van der Waals surface area contributed by atoms with E-state index in [1.807, 2.05) is 0 Å². The van der Waals surface area contributed by atoms with Gasteiger partial charge in [0.2, 0.25) is 5.91 Å². The number of likely N-dealkylation sites (N-methyl/N-ethyl adjacent to an activating group) is 1. The Morgan fingerprint density at radius 2 is 2.22 bits per heavy atom. The summed E-state index contributed by atoms with van der Waals surface area (Å²) in [7, 11) is 1.77. The van der Waals surface area contributed by atoms with Gasteiger partial charge < -0.3 is 15.5 Å². The number of carbonyl (C=O) groups excluding carboxylic acids is 2. The predicted octanol–water partition coefficient (Wildman–Crippen LogP) is 1.42. The van der Waals surface area contributed by atoms with E-state index in [1.165, 1.54) is 17.5 Å². The Kier molecular flexibility index (Phi) is 3.32. The number of fused-ring (bicyclic) bond motifs is 2. The number of hydrogen-bond acceptors (Lipinski definition) is 2. The zero-order valence-electron chi connectivity index (χ0n) is 13.5. The van der Waals surface area contributed by atoms with Gasteiger partial charge in [-0.25, -0.2) is 4.79 Å². The van der Waals surface area contributed by atoms with Gasteiger partial charge in [-0.3, -0.25) is 4.79 Å². The average Bonchev–Trinajstić information content (AvgIpc) is 3.02. The van der Waals surface area contributed by atoms with Gasteiger partial charge in [-0.2, -0.15) is 0 Å². The van der Waals surface area contributed by atoms with Crippen LogP contribution in [0.2, 0.25) is 0 Å². The fourth-order valence-corrected chi connectivity index (χ4v) is 4.38. The van der Waals surface area contributed by atoms with Crippen molar-refractivity contribution in [3.8, 4) is 0 Å². The molecule has 3 aliphatic rings. The Balaban J connectivity index is 1.30. The van der Waals surface area contributed by atoms with Crippen molar-refractivity contribution in [3.63, 3.8) is 0 Å². The lowest BCUT2D eigenvalue weighted by molar-refractivity contribution is -0.128. The zero-order chi connectivity index (χ0) is 16.0. The number of aryl methyl sites for hydroxylation is 1. The fraction of sp³-hybridized carbons (Fsp3) is 0.556. The van der Waals surface area contributed by atoms with E-state index in [4.69, 9.17) is 0 Å². The van der Waals surface area contributed by atoms with Gasteiger partial charge >= 0.3 is 6.03 Å². The summed E-state index contributed by atoms with van der Waals surface area (Å²) in [5.74, 6) is 0.534. The van der Waals surface area contributed by atoms with Crippen molar-refractivity contribution in [1.82, 2.24) is 15.5 Å². The third kappa shape index (κ3) is 2.38. The maximum absolute atomic E-state index is 12.0. The maximum atomic E-state index is 12.0. The van der Waals surface area contributed by atoms with E-state index in [1.54, 1.807) is 11.9 Å². The Bertz CT molecular complexity index is 659. The number of amides is 3. The lowest BCUT2D eigenvalue weighted by Gasteiger charge is -2.15. The average molecular weight is 313 g/mol. The molecule has 0 aromatic heterocycles. The number of rotatable bonds is 3. The minimum atomic E-state index is -0.361. The summed E-state index contributed by atoms with van der Waals surface area (Å²) < 4.78 is 0. The van der Waals surface area contributed by atoms with E-state index in [0.717, 1.165) is 12.8 Å². The molecule has 1 heterocycles. The van der Waals surface area contributed by atoms with Gasteiger partial charge in [0.1, 0.15) is 6.04 Å². The third-order valence-corrected chi connectivity index (χ3v) is 5.87. The smallest absolute Gasteiger partial charge is 0.315 e. The number of likely N-dealkylation sites (tertiary alicyclic amines) is 1. The lowest BCUT2D eigenvalue weighted by Crippen LogP contribution is -2.46. The standard InChI is InChI=1S/C18H23N3O2/c1-21-9-7-15(16(21)22)20-17(23)19-11-13-10-18(13)8-6-12-4-2-3-5-14(12)18/h2-5,13,15H,6-11H2,1H3,(H2,19,20,23)/t13-,15+,18+/m1/s1. The number of carbonyl (C=O) groups is 2. The molecule has 2 fully saturated rings. The molecular weight excluding hydrogens is 290 g/mol. The highest BCUT2D eigenvalue weighted by molar-refractivity contribution is 5.88. The molecule has 1 aliphatic heterocycles. The van der Waals surface area contributed by atoms with Crippen LogP contribution in [-0.2, 0) is 16.6 Å². The molecule has 2 N–H and O–H groups in total. The predicted molar refractivity (Wildman–Crippen MR) is 87.1 cm³/mol. The Labute approximate surface area is 136 Å². The van der Waals surface area contributed by atoms with E-state index in [-0.39, 0.29) is 18.0 Å². The Morgan fingerprint density at radius 1 is 1.39 bits per heavy atom. The number of nitrogens with one attached hydrogen (secondary N) is 2. The summed E-state index contributed by atoms with van der Waals surface area (Å²) in [4.78, 5) is 25.5. The van der Waals surface area contributed by atoms with Crippen LogP contribution < -0.4 is 10.6 Å². The first-order chi connectivity index (χ1) is 11.1. The minimum Gasteiger partial charge on any atom is -0.344 e. The van der Waals surface area contributed by atoms with Gasteiger partial charge in [-0.05, 0) is 42.7 Å². The van der Waals surface area contributed by atoms with Gasteiger partial charge in [0.25, 0.3) is 0 Å². The molecule has 5 heteroatoms. The molecule has 0 unspecified atom stereocenters. The summed E-state index contributed by atoms with van der Waals surface area (Å²) in [6, 6.07) is 8.12. The summed E-state index contributed by atoms with van der Waals surface area (Å²) in [5.41, 5.74) is 3.26. The van der Waals surface area contributed by atoms with Crippen LogP contribution >= 0.6 is 0 Å². The molecule has 23 heavy (non-hydrogen) atoms. The van der Waals surface area contributed by atoms with Crippen LogP contribution in [-0.4, -0.2) is 43.0 Å². The molecule has 1 saturated heterocycles. The van der Waals surface area contributed by atoms with Crippen LogP contribution in [0.15, 0.2) is 24.3 Å². The molecule has 4 rings (SSSR count). The van der Waals surface area contributed by atoms with Crippen molar-refractivity contribution < 1.29 is 9.59 Å². The van der Waals surface area contributed by atoms with Crippen LogP contribution in [0.5, 0.6) is 0 Å². The molecule has 1 aromatic carbocycles. The van der Waals surface area contributed by atoms with Gasteiger partial charge in [-0.1, -0.05) is 24.3 Å². The van der Waals surface area contributed by atoms with E-state index in [2.05, 4.69) is 34.9 Å². The first kappa shape index (κ1) is 14.5. The largest absolute Gasteiger partial charge is 0.344 e. The van der Waals surface area contributed by atoms with Crippen molar-refractivity contribution >= 4 is 11.9 Å². The van der Waals surface area contributed by atoms with Gasteiger partial charge in [-0.15, -0.1) is 0 Å². The second-order valence-electron chi connectivity index (χ2n) is 7.17. The van der Waals surface area contributed by atoms with Crippen molar-refractivity contribution in [2.75, 3.05) is 20.1 Å². The summed E-state index contributed by atoms with van der Waals surface area (Å²) in [6.45, 7) is 1.41. The van der Waals surface area contributed by atoms with Crippen molar-refractivity contribution in [3.05, 3.63) is 35.4 Å². The molecule has 1 aromatic rings. The van der Waals surface area contributed by atoms with Crippen molar-refractivity contribution in [2.24, 2.45) is 5.92 Å². The van der Waals surface area contributed by atoms with Gasteiger partial charge in [0.15, 0.2) is 0 Å². The molecule has 122 valence electrons. The van der Waals surface area contributed by atoms with Crippen LogP contribution in [0.3, 0.4) is 0 Å². The molecular formula is C18H23N3O2. The summed E-state index contributed by atoms with van der Waals surface area (Å²) in [5, 5.41) is 5.77. The Morgan fingerprint density at radius 3 is 3.00 bits per heavy atom. The normalized spacial score (nSPS) is 31.3. The molecule has 3 amide bonds. The number of nitrogens with zero attached hydrogens (tertiary/aromatic N) is 1. The molecule has 5 nitrogen and oxygen atoms in total. The number of hydrogen-bond donors (Lipinski definition) is 2. The zero-order valence-corrected chi connectivity index (χ0v) is 13.5. The van der Waals surface area contributed by atoms with Gasteiger partial charge in [0.05, 0.1) is 0 Å². The number of benzene rings is 1. The summed E-state index contributed by atoms with van der Waals surface area (Å²) >= 11 is 0. The highest BCUT2D eigenvalue weighted by Crippen LogP contribution is 2.61. The van der Waals surface area contributed by atoms with E-state index >= 15 is 0 Å². The SMILES string of the molecule is CN1CC[C@H](NC(=O)NC[C@H]2C[C@@]23CCc2ccccc23)C1=O. The third-order valence-electron chi connectivity index (χ3n) is 5.87. The van der Waals surface area contributed by atoms with E-state index in [9.17, 15) is 9.59 Å². The number of urea groups is 1. The quantitative estimate of drug-likeness (QED) is 0.886. The molecule has 1 saturated carbocycles. The maximum Gasteiger partial charge on any atom is 0.315 e. The molecule has 2 aliphatic carbocycles. The van der Waals surface area contributed by atoms with Crippen LogP contribution in [0.25, 0.3) is 0 Å². The molecule has 0 radical (unpaired) electrons. The van der Waals surface area contributed by atoms with E-state index < -0.39 is 0 Å². The lowest BCUT2D eigenvalue weighted by atomic mass is 9.95. The van der Waals surface area contributed by atoms with E-state index in [0.29, 0.717) is 30.8 Å². The molecule has 1 spiro atoms. The topological polar surface area (TPSA) is 61.4 Å². The van der Waals surface area contributed by atoms with Crippen LogP contribution in [0.4, 0.5) is 4.79 Å². The van der Waals surface area contributed by atoms with Gasteiger partial charge in [0, 0.05) is 25.6 Å². The summed E-state index contributed by atoms with van der Waals surface area (Å²) in [6.07, 6.45) is 4.22. The molecule has 3 atom stereocenters. The minimum absolute atomic E-state index is 0.00719. The second kappa shape index (κ2) is 5.25. The monoisotopic (exact) mass is 313 g/mol. The van der Waals surface area contributed by atoms with Crippen molar-refractivity contribution in [1.29, 1.82) is 0 Å². The second-order valence-corrected chi connectivity index (χ2v) is 7.17. The van der Waals surface area contributed by atoms with Crippen LogP contribution in [0.1, 0.15) is 30.4 Å². The molecule has 0 bridgehead atoms. The Hall–Kier alpha value is -2.04. The highest BCUT2D eigenvalue weighted by Gasteiger charge is 2.57.